The van der Waals surface area contributed by atoms with Crippen LogP contribution in [-0.4, -0.2) is 60.7 Å². The van der Waals surface area contributed by atoms with Gasteiger partial charge in [-0.05, 0) is 103 Å². The van der Waals surface area contributed by atoms with Crippen molar-refractivity contribution < 1.29 is 13.9 Å². The summed E-state index contributed by atoms with van der Waals surface area (Å²) in [6, 6.07) is 15.0. The van der Waals surface area contributed by atoms with Gasteiger partial charge in [-0.3, -0.25) is 9.69 Å². The van der Waals surface area contributed by atoms with Crippen LogP contribution in [0.15, 0.2) is 54.7 Å². The molecule has 2 aromatic carbocycles. The first-order valence-corrected chi connectivity index (χ1v) is 14.8. The van der Waals surface area contributed by atoms with E-state index in [1.807, 2.05) is 41.3 Å². The number of ether oxygens (including phenoxy) is 1. The van der Waals surface area contributed by atoms with E-state index < -0.39 is 12.2 Å². The zero-order valence-electron chi connectivity index (χ0n) is 23.2. The van der Waals surface area contributed by atoms with E-state index in [2.05, 4.69) is 21.3 Å². The maximum atomic E-state index is 14.1. The molecule has 10 heteroatoms. The molecular weight excluding hydrogens is 564 g/mol. The number of pyridine rings is 1. The van der Waals surface area contributed by atoms with Crippen molar-refractivity contribution in [2.75, 3.05) is 37.6 Å². The number of nitrogens with two attached hydrogens (primary N) is 1. The number of hydrogen-bond donors (Lipinski definition) is 2. The monoisotopic (exact) mass is 599 g/mol. The first-order chi connectivity index (χ1) is 19.7. The third-order valence-corrected chi connectivity index (χ3v) is 8.22. The van der Waals surface area contributed by atoms with Gasteiger partial charge in [-0.15, -0.1) is 0 Å². The summed E-state index contributed by atoms with van der Waals surface area (Å²) in [5.74, 6) is 2.49. The Balaban J connectivity index is 1.33. The van der Waals surface area contributed by atoms with Crippen LogP contribution >= 0.6 is 23.2 Å². The minimum absolute atomic E-state index is 0.0207. The van der Waals surface area contributed by atoms with Gasteiger partial charge in [-0.2, -0.15) is 0 Å². The summed E-state index contributed by atoms with van der Waals surface area (Å²) in [4.78, 5) is 20.2. The van der Waals surface area contributed by atoms with E-state index in [9.17, 15) is 9.18 Å². The molecule has 0 spiro atoms. The molecule has 0 aliphatic carbocycles. The van der Waals surface area contributed by atoms with Gasteiger partial charge in [0.1, 0.15) is 23.5 Å². The van der Waals surface area contributed by atoms with Crippen LogP contribution in [0.1, 0.15) is 31.7 Å². The molecule has 2 aliphatic rings. The van der Waals surface area contributed by atoms with Crippen molar-refractivity contribution in [1.29, 1.82) is 0 Å². The van der Waals surface area contributed by atoms with Gasteiger partial charge in [0.15, 0.2) is 0 Å². The fourth-order valence-electron chi connectivity index (χ4n) is 5.48. The highest BCUT2D eigenvalue weighted by Gasteiger charge is 2.27. The fourth-order valence-corrected chi connectivity index (χ4v) is 6.01. The van der Waals surface area contributed by atoms with Crippen LogP contribution in [0.5, 0.6) is 11.5 Å². The SMILES string of the molecule is CC(=O)NCC1CCN(Cc2cc(Oc3ccc(N4CCC(N)C(F)C4)nc3)cc(-c3cc(Cl)cc(Cl)c3)c2)CC1. The molecule has 2 saturated heterocycles. The highest BCUT2D eigenvalue weighted by Crippen LogP contribution is 2.33. The Morgan fingerprint density at radius 2 is 1.76 bits per heavy atom. The smallest absolute Gasteiger partial charge is 0.216 e. The Bertz CT molecular complexity index is 1330. The maximum Gasteiger partial charge on any atom is 0.216 e. The second-order valence-electron chi connectivity index (χ2n) is 11.0. The van der Waals surface area contributed by atoms with E-state index >= 15 is 0 Å². The van der Waals surface area contributed by atoms with Gasteiger partial charge in [0.2, 0.25) is 5.91 Å². The number of hydrogen-bond acceptors (Lipinski definition) is 6. The number of carbonyl (C=O) groups excluding carboxylic acids is 1. The van der Waals surface area contributed by atoms with Gasteiger partial charge in [-0.25, -0.2) is 9.37 Å². The van der Waals surface area contributed by atoms with Crippen molar-refractivity contribution in [3.8, 4) is 22.6 Å². The topological polar surface area (TPSA) is 83.7 Å². The minimum Gasteiger partial charge on any atom is -0.456 e. The van der Waals surface area contributed by atoms with Crippen LogP contribution in [0.25, 0.3) is 11.1 Å². The Hall–Kier alpha value is -2.91. The average molecular weight is 601 g/mol. The number of amides is 1. The zero-order chi connectivity index (χ0) is 28.9. The van der Waals surface area contributed by atoms with Crippen LogP contribution in [0.3, 0.4) is 0 Å². The zero-order valence-corrected chi connectivity index (χ0v) is 24.7. The third-order valence-electron chi connectivity index (χ3n) is 7.79. The van der Waals surface area contributed by atoms with Crippen molar-refractivity contribution in [3.05, 3.63) is 70.3 Å². The second kappa shape index (κ2) is 13.4. The molecule has 2 aliphatic heterocycles. The van der Waals surface area contributed by atoms with E-state index in [-0.39, 0.29) is 12.5 Å². The molecule has 0 radical (unpaired) electrons. The molecule has 3 aromatic rings. The van der Waals surface area contributed by atoms with Gasteiger partial charge in [0.25, 0.3) is 0 Å². The van der Waals surface area contributed by atoms with E-state index in [0.29, 0.717) is 46.2 Å². The molecule has 0 bridgehead atoms. The normalized spacial score (nSPS) is 20.2. The Kier molecular flexibility index (Phi) is 9.65. The van der Waals surface area contributed by atoms with Gasteiger partial charge in [-0.1, -0.05) is 23.2 Å². The number of alkyl halides is 1. The van der Waals surface area contributed by atoms with Crippen LogP contribution < -0.4 is 20.7 Å². The molecule has 3 heterocycles. The number of likely N-dealkylation sites (tertiary alicyclic amines) is 1. The van der Waals surface area contributed by atoms with Crippen molar-refractivity contribution in [1.82, 2.24) is 15.2 Å². The first kappa shape index (κ1) is 29.6. The summed E-state index contributed by atoms with van der Waals surface area (Å²) in [7, 11) is 0. The molecule has 1 amide bonds. The van der Waals surface area contributed by atoms with Crippen molar-refractivity contribution >= 4 is 34.9 Å². The molecule has 3 N–H and O–H groups in total. The van der Waals surface area contributed by atoms with Crippen molar-refractivity contribution in [2.24, 2.45) is 11.7 Å². The summed E-state index contributed by atoms with van der Waals surface area (Å²) in [5, 5.41) is 4.08. The minimum atomic E-state index is -1.06. The van der Waals surface area contributed by atoms with E-state index in [1.54, 1.807) is 19.2 Å². The predicted octanol–water partition coefficient (Wildman–Crippen LogP) is 6.07. The summed E-state index contributed by atoms with van der Waals surface area (Å²) in [5.41, 5.74) is 8.79. The number of nitrogens with one attached hydrogen (secondary N) is 1. The van der Waals surface area contributed by atoms with Crippen LogP contribution in [-0.2, 0) is 11.3 Å². The van der Waals surface area contributed by atoms with Crippen LogP contribution in [0.2, 0.25) is 10.0 Å². The van der Waals surface area contributed by atoms with Gasteiger partial charge in [0, 0.05) is 42.6 Å². The number of halogens is 3. The van der Waals surface area contributed by atoms with Crippen LogP contribution in [0.4, 0.5) is 10.2 Å². The van der Waals surface area contributed by atoms with Gasteiger partial charge in [0.05, 0.1) is 12.7 Å². The standard InChI is InChI=1S/C31H36Cl2FN5O2/c1-20(40)36-16-21-4-7-38(8-5-21)18-22-10-23(24-12-25(32)15-26(33)13-24)14-28(11-22)41-27-2-3-31(37-17-27)39-9-6-30(35)29(34)19-39/h2-3,10-15,17,21,29-30H,4-9,16,18-19,35H2,1H3,(H,36,40). The lowest BCUT2D eigenvalue weighted by Crippen LogP contribution is -2.48. The lowest BCUT2D eigenvalue weighted by molar-refractivity contribution is -0.119. The predicted molar refractivity (Wildman–Crippen MR) is 163 cm³/mol. The van der Waals surface area contributed by atoms with E-state index in [4.69, 9.17) is 33.7 Å². The summed E-state index contributed by atoms with van der Waals surface area (Å²) >= 11 is 12.7. The second-order valence-corrected chi connectivity index (χ2v) is 11.9. The summed E-state index contributed by atoms with van der Waals surface area (Å²) in [6.07, 6.45) is 3.27. The summed E-state index contributed by atoms with van der Waals surface area (Å²) in [6.45, 7) is 5.90. The molecule has 41 heavy (non-hydrogen) atoms. The Labute approximate surface area is 250 Å². The molecule has 218 valence electrons. The lowest BCUT2D eigenvalue weighted by atomic mass is 9.96. The number of nitrogens with zero attached hydrogens (tertiary/aromatic N) is 3. The molecule has 2 fully saturated rings. The number of benzene rings is 2. The quantitative estimate of drug-likeness (QED) is 0.327. The number of aromatic nitrogens is 1. The largest absolute Gasteiger partial charge is 0.456 e. The molecule has 5 rings (SSSR count). The molecular formula is C31H36Cl2FN5O2. The maximum absolute atomic E-state index is 14.1. The number of carbonyl (C=O) groups is 1. The van der Waals surface area contributed by atoms with Crippen molar-refractivity contribution in [2.45, 2.75) is 44.9 Å². The van der Waals surface area contributed by atoms with Gasteiger partial charge >= 0.3 is 0 Å². The number of piperidine rings is 2. The fraction of sp³-hybridized carbons (Fsp3) is 0.419. The molecule has 7 nitrogen and oxygen atoms in total. The van der Waals surface area contributed by atoms with E-state index in [0.717, 1.165) is 55.7 Å². The average Bonchev–Trinajstić information content (AvgIpc) is 2.94. The van der Waals surface area contributed by atoms with Crippen LogP contribution in [0, 0.1) is 5.92 Å². The summed E-state index contributed by atoms with van der Waals surface area (Å²) < 4.78 is 20.4. The Morgan fingerprint density at radius 1 is 1.02 bits per heavy atom. The molecule has 2 unspecified atom stereocenters. The third kappa shape index (κ3) is 8.10. The Morgan fingerprint density at radius 3 is 2.41 bits per heavy atom. The highest BCUT2D eigenvalue weighted by molar-refractivity contribution is 6.35. The molecule has 1 aromatic heterocycles. The highest BCUT2D eigenvalue weighted by atomic mass is 35.5. The van der Waals surface area contributed by atoms with Crippen molar-refractivity contribution in [3.63, 3.8) is 0 Å². The molecule has 2 atom stereocenters. The molecule has 0 saturated carbocycles. The number of anilines is 1. The lowest BCUT2D eigenvalue weighted by Gasteiger charge is -2.33. The number of rotatable bonds is 8. The van der Waals surface area contributed by atoms with Gasteiger partial charge < -0.3 is 20.7 Å². The van der Waals surface area contributed by atoms with E-state index in [1.165, 1.54) is 0 Å². The first-order valence-electron chi connectivity index (χ1n) is 14.1.